The Labute approximate surface area is 284 Å². The third-order valence-electron chi connectivity index (χ3n) is 9.28. The molecule has 226 valence electrons. The van der Waals surface area contributed by atoms with E-state index in [2.05, 4.69) is 193 Å². The minimum absolute atomic E-state index is 1.12. The summed E-state index contributed by atoms with van der Waals surface area (Å²) >= 11 is 1.86. The quantitative estimate of drug-likeness (QED) is 0.177. The summed E-state index contributed by atoms with van der Waals surface area (Å²) in [6, 6.07) is 68.1. The monoisotopic (exact) mass is 629 g/mol. The van der Waals surface area contributed by atoms with E-state index in [-0.39, 0.29) is 0 Å². The summed E-state index contributed by atoms with van der Waals surface area (Å²) in [7, 11) is 0. The van der Waals surface area contributed by atoms with Gasteiger partial charge in [0, 0.05) is 31.5 Å². The van der Waals surface area contributed by atoms with Gasteiger partial charge in [0.25, 0.3) is 0 Å². The second-order valence-electron chi connectivity index (χ2n) is 12.2. The third kappa shape index (κ3) is 5.04. The van der Waals surface area contributed by atoms with Gasteiger partial charge in [-0.1, -0.05) is 140 Å². The van der Waals surface area contributed by atoms with E-state index < -0.39 is 0 Å². The first-order chi connectivity index (χ1) is 23.8. The fourth-order valence-electron chi connectivity index (χ4n) is 6.93. The third-order valence-corrected chi connectivity index (χ3v) is 10.4. The highest BCUT2D eigenvalue weighted by Gasteiger charge is 2.19. The molecule has 1 heterocycles. The van der Waals surface area contributed by atoms with Crippen LogP contribution in [0.2, 0.25) is 0 Å². The lowest BCUT2D eigenvalue weighted by Crippen LogP contribution is -2.10. The molecule has 48 heavy (non-hydrogen) atoms. The smallest absolute Gasteiger partial charge is 0.0554 e. The van der Waals surface area contributed by atoms with Crippen molar-refractivity contribution in [3.8, 4) is 33.4 Å². The van der Waals surface area contributed by atoms with Crippen LogP contribution < -0.4 is 4.90 Å². The Hall–Kier alpha value is -5.96. The highest BCUT2D eigenvalue weighted by molar-refractivity contribution is 7.26. The van der Waals surface area contributed by atoms with Gasteiger partial charge >= 0.3 is 0 Å². The molecule has 1 nitrogen and oxygen atoms in total. The van der Waals surface area contributed by atoms with Crippen molar-refractivity contribution >= 4 is 59.3 Å². The lowest BCUT2D eigenvalue weighted by atomic mass is 9.95. The topological polar surface area (TPSA) is 3.24 Å². The molecule has 0 radical (unpaired) electrons. The summed E-state index contributed by atoms with van der Waals surface area (Å²) in [5, 5.41) is 5.10. The Balaban J connectivity index is 1.17. The molecule has 9 rings (SSSR count). The molecule has 2 heteroatoms. The van der Waals surface area contributed by atoms with Gasteiger partial charge in [0.2, 0.25) is 0 Å². The summed E-state index contributed by atoms with van der Waals surface area (Å²) in [5.74, 6) is 0. The predicted octanol–water partition coefficient (Wildman–Crippen LogP) is 13.7. The Morgan fingerprint density at radius 3 is 1.65 bits per heavy atom. The fourth-order valence-corrected chi connectivity index (χ4v) is 8.05. The van der Waals surface area contributed by atoms with E-state index in [4.69, 9.17) is 0 Å². The van der Waals surface area contributed by atoms with Gasteiger partial charge in [0.15, 0.2) is 0 Å². The zero-order valence-electron chi connectivity index (χ0n) is 26.3. The van der Waals surface area contributed by atoms with Crippen LogP contribution in [0.5, 0.6) is 0 Å². The van der Waals surface area contributed by atoms with Crippen LogP contribution >= 0.6 is 11.3 Å². The summed E-state index contributed by atoms with van der Waals surface area (Å²) in [5.41, 5.74) is 10.8. The van der Waals surface area contributed by atoms with Gasteiger partial charge in [-0.05, 0) is 92.7 Å². The average Bonchev–Trinajstić information content (AvgIpc) is 3.55. The second kappa shape index (κ2) is 12.0. The molecule has 0 atom stereocenters. The first-order valence-electron chi connectivity index (χ1n) is 16.3. The van der Waals surface area contributed by atoms with E-state index in [1.165, 1.54) is 70.0 Å². The maximum atomic E-state index is 2.41. The molecule has 0 aliphatic rings. The maximum absolute atomic E-state index is 2.41. The Kier molecular flexibility index (Phi) is 7.07. The van der Waals surface area contributed by atoms with Gasteiger partial charge in [-0.25, -0.2) is 0 Å². The number of rotatable bonds is 6. The molecule has 1 aromatic heterocycles. The molecule has 0 saturated heterocycles. The first kappa shape index (κ1) is 28.3. The van der Waals surface area contributed by atoms with Crippen molar-refractivity contribution in [3.63, 3.8) is 0 Å². The molecular formula is C46H31NS. The summed E-state index contributed by atoms with van der Waals surface area (Å²) in [4.78, 5) is 2.41. The Morgan fingerprint density at radius 2 is 0.917 bits per heavy atom. The molecule has 0 fully saturated rings. The highest BCUT2D eigenvalue weighted by atomic mass is 32.1. The molecule has 0 aliphatic heterocycles. The molecule has 0 amide bonds. The largest absolute Gasteiger partial charge is 0.310 e. The number of fused-ring (bicyclic) bond motifs is 4. The van der Waals surface area contributed by atoms with E-state index in [1.54, 1.807) is 0 Å². The fraction of sp³-hybridized carbons (Fsp3) is 0. The van der Waals surface area contributed by atoms with Crippen molar-refractivity contribution in [1.29, 1.82) is 0 Å². The lowest BCUT2D eigenvalue weighted by molar-refractivity contribution is 1.30. The van der Waals surface area contributed by atoms with Crippen LogP contribution in [0.15, 0.2) is 188 Å². The van der Waals surface area contributed by atoms with Gasteiger partial charge in [-0.2, -0.15) is 0 Å². The van der Waals surface area contributed by atoms with Crippen LogP contribution in [-0.4, -0.2) is 0 Å². The zero-order chi connectivity index (χ0) is 31.9. The summed E-state index contributed by atoms with van der Waals surface area (Å²) in [6.07, 6.45) is 0. The molecule has 8 aromatic carbocycles. The number of thiophene rings is 1. The normalized spacial score (nSPS) is 11.3. The number of hydrogen-bond donors (Lipinski definition) is 0. The highest BCUT2D eigenvalue weighted by Crippen LogP contribution is 2.45. The van der Waals surface area contributed by atoms with Gasteiger partial charge in [0.05, 0.1) is 5.69 Å². The van der Waals surface area contributed by atoms with Crippen molar-refractivity contribution in [2.75, 3.05) is 4.90 Å². The SMILES string of the molecule is c1ccc(-c2ccc(N(c3ccc(-c4ccc5cccc(-c6ccccc6)c5c4)cc3)c3cccc4sc5ccccc5c34)cc2)cc1. The molecule has 0 spiro atoms. The van der Waals surface area contributed by atoms with Gasteiger partial charge in [0.1, 0.15) is 0 Å². The van der Waals surface area contributed by atoms with Crippen molar-refractivity contribution in [3.05, 3.63) is 188 Å². The van der Waals surface area contributed by atoms with Gasteiger partial charge in [-0.15, -0.1) is 11.3 Å². The van der Waals surface area contributed by atoms with E-state index in [0.717, 1.165) is 11.4 Å². The van der Waals surface area contributed by atoms with Crippen LogP contribution in [0.1, 0.15) is 0 Å². The van der Waals surface area contributed by atoms with Gasteiger partial charge in [-0.3, -0.25) is 0 Å². The second-order valence-corrected chi connectivity index (χ2v) is 13.2. The zero-order valence-corrected chi connectivity index (χ0v) is 27.1. The van der Waals surface area contributed by atoms with E-state index in [9.17, 15) is 0 Å². The number of anilines is 3. The Morgan fingerprint density at radius 1 is 0.354 bits per heavy atom. The summed E-state index contributed by atoms with van der Waals surface area (Å²) < 4.78 is 2.60. The number of nitrogens with zero attached hydrogens (tertiary/aromatic N) is 1. The Bertz CT molecular complexity index is 2530. The molecule has 0 aliphatic carbocycles. The maximum Gasteiger partial charge on any atom is 0.0554 e. The molecule has 0 N–H and O–H groups in total. The standard InChI is InChI=1S/C46H31NS/c1-3-11-32(12-4-1)33-23-27-38(28-24-33)47(43-18-10-20-45-46(43)41-16-7-8-19-44(41)48-45)39-29-25-34(26-30-39)37-22-21-36-15-9-17-40(42(36)31-37)35-13-5-2-6-14-35/h1-31H. The van der Waals surface area contributed by atoms with Crippen molar-refractivity contribution in [1.82, 2.24) is 0 Å². The van der Waals surface area contributed by atoms with Crippen LogP contribution in [0.25, 0.3) is 64.3 Å². The first-order valence-corrected chi connectivity index (χ1v) is 17.2. The summed E-state index contributed by atoms with van der Waals surface area (Å²) in [6.45, 7) is 0. The predicted molar refractivity (Wildman–Crippen MR) is 208 cm³/mol. The van der Waals surface area contributed by atoms with E-state index in [1.807, 2.05) is 11.3 Å². The van der Waals surface area contributed by atoms with Crippen LogP contribution in [0.3, 0.4) is 0 Å². The molecular weight excluding hydrogens is 599 g/mol. The molecule has 0 bridgehead atoms. The van der Waals surface area contributed by atoms with Crippen LogP contribution in [-0.2, 0) is 0 Å². The molecule has 9 aromatic rings. The number of hydrogen-bond acceptors (Lipinski definition) is 2. The van der Waals surface area contributed by atoms with E-state index >= 15 is 0 Å². The van der Waals surface area contributed by atoms with Crippen molar-refractivity contribution in [2.24, 2.45) is 0 Å². The van der Waals surface area contributed by atoms with E-state index in [0.29, 0.717) is 0 Å². The molecule has 0 saturated carbocycles. The van der Waals surface area contributed by atoms with Crippen molar-refractivity contribution in [2.45, 2.75) is 0 Å². The van der Waals surface area contributed by atoms with Crippen LogP contribution in [0, 0.1) is 0 Å². The average molecular weight is 630 g/mol. The molecule has 0 unspecified atom stereocenters. The van der Waals surface area contributed by atoms with Crippen molar-refractivity contribution < 1.29 is 0 Å². The minimum atomic E-state index is 1.12. The van der Waals surface area contributed by atoms with Gasteiger partial charge < -0.3 is 4.90 Å². The number of benzene rings is 8. The lowest BCUT2D eigenvalue weighted by Gasteiger charge is -2.27. The van der Waals surface area contributed by atoms with Crippen LogP contribution in [0.4, 0.5) is 17.1 Å². The minimum Gasteiger partial charge on any atom is -0.310 e.